The molecule has 2 aromatic carbocycles. The van der Waals surface area contributed by atoms with E-state index in [2.05, 4.69) is 20.8 Å². The molecule has 7 nitrogen and oxygen atoms in total. The van der Waals surface area contributed by atoms with Gasteiger partial charge in [0.05, 0.1) is 28.6 Å². The number of anilines is 1. The van der Waals surface area contributed by atoms with Crippen molar-refractivity contribution >= 4 is 35.0 Å². The fourth-order valence-electron chi connectivity index (χ4n) is 2.41. The molecule has 0 saturated heterocycles. The van der Waals surface area contributed by atoms with Gasteiger partial charge in [-0.1, -0.05) is 23.4 Å². The predicted molar refractivity (Wildman–Crippen MR) is 106 cm³/mol. The van der Waals surface area contributed by atoms with Crippen molar-refractivity contribution in [2.75, 3.05) is 12.4 Å². The molecule has 0 aliphatic heterocycles. The van der Waals surface area contributed by atoms with E-state index in [4.69, 9.17) is 16.3 Å². The predicted octanol–water partition coefficient (Wildman–Crippen LogP) is 4.46. The smallest absolute Gasteiger partial charge is 0.417 e. The number of thioether (sulfide) groups is 1. The lowest BCUT2D eigenvalue weighted by atomic mass is 10.2. The number of hydrogen-bond acceptors (Lipinski definition) is 6. The maximum Gasteiger partial charge on any atom is 0.417 e. The molecule has 0 bridgehead atoms. The molecule has 0 fully saturated rings. The van der Waals surface area contributed by atoms with E-state index in [9.17, 15) is 18.0 Å². The molecule has 1 amide bonds. The second-order valence-electron chi connectivity index (χ2n) is 6.01. The van der Waals surface area contributed by atoms with Crippen molar-refractivity contribution < 1.29 is 22.7 Å². The van der Waals surface area contributed by atoms with Crippen LogP contribution in [-0.4, -0.2) is 38.5 Å². The Hall–Kier alpha value is -2.79. The first-order chi connectivity index (χ1) is 14.2. The maximum absolute atomic E-state index is 13.0. The molecule has 0 radical (unpaired) electrons. The number of carbonyl (C=O) groups excluding carboxylic acids is 1. The average Bonchev–Trinajstić information content (AvgIpc) is 3.16. The Morgan fingerprint density at radius 3 is 2.57 bits per heavy atom. The number of tetrazole rings is 1. The van der Waals surface area contributed by atoms with E-state index in [0.29, 0.717) is 16.6 Å². The highest BCUT2D eigenvalue weighted by Gasteiger charge is 2.33. The van der Waals surface area contributed by atoms with E-state index in [1.165, 1.54) is 10.7 Å². The number of benzene rings is 2. The van der Waals surface area contributed by atoms with Gasteiger partial charge in [0.1, 0.15) is 5.75 Å². The van der Waals surface area contributed by atoms with Crippen LogP contribution in [0.25, 0.3) is 5.69 Å². The zero-order valence-corrected chi connectivity index (χ0v) is 17.2. The van der Waals surface area contributed by atoms with E-state index < -0.39 is 27.9 Å². The summed E-state index contributed by atoms with van der Waals surface area (Å²) in [5.41, 5.74) is -0.381. The number of nitrogens with zero attached hydrogens (tertiary/aromatic N) is 4. The van der Waals surface area contributed by atoms with Crippen molar-refractivity contribution in [3.05, 3.63) is 53.1 Å². The molecule has 1 atom stereocenters. The van der Waals surface area contributed by atoms with Crippen LogP contribution < -0.4 is 10.1 Å². The minimum Gasteiger partial charge on any atom is -0.497 e. The third-order valence-electron chi connectivity index (χ3n) is 3.95. The number of methoxy groups -OCH3 is 1. The van der Waals surface area contributed by atoms with Gasteiger partial charge in [0, 0.05) is 5.69 Å². The number of carbonyl (C=O) groups is 1. The molecular weight excluding hydrogens is 443 g/mol. The molecule has 0 unspecified atom stereocenters. The monoisotopic (exact) mass is 457 g/mol. The summed E-state index contributed by atoms with van der Waals surface area (Å²) in [6.07, 6.45) is -4.63. The van der Waals surface area contributed by atoms with Gasteiger partial charge in [-0.25, -0.2) is 0 Å². The van der Waals surface area contributed by atoms with E-state index in [0.717, 1.165) is 23.9 Å². The SMILES string of the molecule is COc1ccc(-n2nnnc2S[C@H](C)C(=O)Nc2ccc(Cl)c(C(F)(F)F)c2)cc1. The molecule has 0 aliphatic carbocycles. The van der Waals surface area contributed by atoms with Crippen molar-refractivity contribution in [2.45, 2.75) is 23.5 Å². The summed E-state index contributed by atoms with van der Waals surface area (Å²) in [6, 6.07) is 10.1. The largest absolute Gasteiger partial charge is 0.497 e. The molecule has 30 heavy (non-hydrogen) atoms. The van der Waals surface area contributed by atoms with Crippen LogP contribution in [0.1, 0.15) is 12.5 Å². The van der Waals surface area contributed by atoms with Crippen molar-refractivity contribution in [3.63, 3.8) is 0 Å². The Balaban J connectivity index is 1.72. The lowest BCUT2D eigenvalue weighted by Crippen LogP contribution is -2.23. The molecule has 0 spiro atoms. The highest BCUT2D eigenvalue weighted by atomic mass is 35.5. The first kappa shape index (κ1) is 21.9. The number of nitrogens with one attached hydrogen (secondary N) is 1. The molecule has 1 N–H and O–H groups in total. The summed E-state index contributed by atoms with van der Waals surface area (Å²) >= 11 is 6.66. The second-order valence-corrected chi connectivity index (χ2v) is 7.73. The molecule has 158 valence electrons. The lowest BCUT2D eigenvalue weighted by molar-refractivity contribution is -0.137. The van der Waals surface area contributed by atoms with Crippen molar-refractivity contribution in [3.8, 4) is 11.4 Å². The van der Waals surface area contributed by atoms with Gasteiger partial charge >= 0.3 is 6.18 Å². The Labute approximate surface area is 178 Å². The van der Waals surface area contributed by atoms with Crippen LogP contribution in [0, 0.1) is 0 Å². The van der Waals surface area contributed by atoms with Crippen LogP contribution in [0.3, 0.4) is 0 Å². The summed E-state index contributed by atoms with van der Waals surface area (Å²) in [5.74, 6) is 0.148. The number of alkyl halides is 3. The minimum absolute atomic E-state index is 0.0149. The standard InChI is InChI=1S/C18H15ClF3N5O2S/c1-10(16(28)23-11-3-8-15(19)14(9-11)18(20,21)22)30-17-24-25-26-27(17)12-4-6-13(29-2)7-5-12/h3-10H,1-2H3,(H,23,28)/t10-/m1/s1. The quantitative estimate of drug-likeness (QED) is 0.550. The average molecular weight is 458 g/mol. The van der Waals surface area contributed by atoms with Crippen LogP contribution in [0.15, 0.2) is 47.6 Å². The first-order valence-electron chi connectivity index (χ1n) is 8.46. The fourth-order valence-corrected chi connectivity index (χ4v) is 3.45. The van der Waals surface area contributed by atoms with Crippen molar-refractivity contribution in [1.82, 2.24) is 20.2 Å². The van der Waals surface area contributed by atoms with E-state index >= 15 is 0 Å². The Bertz CT molecular complexity index is 1040. The zero-order valence-electron chi connectivity index (χ0n) is 15.6. The number of amides is 1. The number of rotatable bonds is 6. The molecule has 0 saturated carbocycles. The molecular formula is C18H15ClF3N5O2S. The molecule has 0 aliphatic rings. The minimum atomic E-state index is -4.63. The van der Waals surface area contributed by atoms with Crippen LogP contribution in [0.2, 0.25) is 5.02 Å². The topological polar surface area (TPSA) is 81.9 Å². The van der Waals surface area contributed by atoms with Crippen LogP contribution in [0.4, 0.5) is 18.9 Å². The summed E-state index contributed by atoms with van der Waals surface area (Å²) in [5, 5.41) is 13.1. The second kappa shape index (κ2) is 8.92. The summed E-state index contributed by atoms with van der Waals surface area (Å²) < 4.78 is 45.5. The lowest BCUT2D eigenvalue weighted by Gasteiger charge is -2.14. The highest BCUT2D eigenvalue weighted by Crippen LogP contribution is 2.36. The molecule has 1 heterocycles. The van der Waals surface area contributed by atoms with E-state index in [-0.39, 0.29) is 5.69 Å². The number of halogens is 4. The molecule has 12 heteroatoms. The number of ether oxygens (including phenoxy) is 1. The zero-order chi connectivity index (χ0) is 21.9. The highest BCUT2D eigenvalue weighted by molar-refractivity contribution is 8.00. The van der Waals surface area contributed by atoms with Gasteiger partial charge in [-0.2, -0.15) is 17.9 Å². The molecule has 1 aromatic heterocycles. The van der Waals surface area contributed by atoms with Gasteiger partial charge in [0.15, 0.2) is 0 Å². The third kappa shape index (κ3) is 5.03. The molecule has 3 rings (SSSR count). The van der Waals surface area contributed by atoms with Crippen molar-refractivity contribution in [1.29, 1.82) is 0 Å². The van der Waals surface area contributed by atoms with Crippen LogP contribution in [-0.2, 0) is 11.0 Å². The van der Waals surface area contributed by atoms with Gasteiger partial charge in [-0.05, 0) is 59.8 Å². The Morgan fingerprint density at radius 2 is 1.93 bits per heavy atom. The summed E-state index contributed by atoms with van der Waals surface area (Å²) in [7, 11) is 1.55. The normalized spacial score (nSPS) is 12.5. The Kier molecular flexibility index (Phi) is 6.52. The van der Waals surface area contributed by atoms with Crippen LogP contribution >= 0.6 is 23.4 Å². The Morgan fingerprint density at radius 1 is 1.23 bits per heavy atom. The summed E-state index contributed by atoms with van der Waals surface area (Å²) in [4.78, 5) is 12.5. The van der Waals surface area contributed by atoms with E-state index in [1.807, 2.05) is 0 Å². The first-order valence-corrected chi connectivity index (χ1v) is 9.72. The third-order valence-corrected chi connectivity index (χ3v) is 5.31. The molecule has 3 aromatic rings. The number of hydrogen-bond donors (Lipinski definition) is 1. The van der Waals surface area contributed by atoms with Gasteiger partial charge < -0.3 is 10.1 Å². The van der Waals surface area contributed by atoms with E-state index in [1.54, 1.807) is 38.3 Å². The fraction of sp³-hybridized carbons (Fsp3) is 0.222. The van der Waals surface area contributed by atoms with Gasteiger partial charge in [0.2, 0.25) is 11.1 Å². The van der Waals surface area contributed by atoms with Gasteiger partial charge in [-0.3, -0.25) is 4.79 Å². The van der Waals surface area contributed by atoms with Crippen LogP contribution in [0.5, 0.6) is 5.75 Å². The van der Waals surface area contributed by atoms with Gasteiger partial charge in [0.25, 0.3) is 0 Å². The van der Waals surface area contributed by atoms with Crippen molar-refractivity contribution in [2.24, 2.45) is 0 Å². The number of aromatic nitrogens is 4. The van der Waals surface area contributed by atoms with Gasteiger partial charge in [-0.15, -0.1) is 5.10 Å². The summed E-state index contributed by atoms with van der Waals surface area (Å²) in [6.45, 7) is 1.59. The maximum atomic E-state index is 13.0.